The lowest BCUT2D eigenvalue weighted by Gasteiger charge is -2.13. The number of halogens is 3. The topological polar surface area (TPSA) is 74.9 Å². The normalized spacial score (nSPS) is 15.8. The van der Waals surface area contributed by atoms with Crippen LogP contribution in [0.5, 0.6) is 0 Å². The maximum absolute atomic E-state index is 13.1. The number of thioether (sulfide) groups is 1. The van der Waals surface area contributed by atoms with Gasteiger partial charge in [0.25, 0.3) is 5.91 Å². The van der Waals surface area contributed by atoms with Crippen LogP contribution < -0.4 is 0 Å². The van der Waals surface area contributed by atoms with Crippen molar-refractivity contribution < 1.29 is 27.9 Å². The maximum atomic E-state index is 13.1. The number of carboxylic acid groups (broad SMARTS) is 1. The van der Waals surface area contributed by atoms with Crippen molar-refractivity contribution in [1.82, 2.24) is 14.3 Å². The van der Waals surface area contributed by atoms with Crippen LogP contribution in [0.1, 0.15) is 24.1 Å². The number of fused-ring (bicyclic) bond motifs is 1. The second-order valence-corrected chi connectivity index (χ2v) is 10.4. The highest BCUT2D eigenvalue weighted by Gasteiger charge is 2.33. The first-order valence-corrected chi connectivity index (χ1v) is 12.3. The summed E-state index contributed by atoms with van der Waals surface area (Å²) in [7, 11) is 0. The number of alkyl halides is 3. The molecule has 0 radical (unpaired) electrons. The minimum atomic E-state index is -4.46. The average Bonchev–Trinajstić information content (AvgIpc) is 3.39. The second-order valence-electron chi connectivity index (χ2n) is 6.82. The summed E-state index contributed by atoms with van der Waals surface area (Å²) in [6, 6.07) is 4.97. The fourth-order valence-electron chi connectivity index (χ4n) is 3.04. The number of aliphatic carboxylic acids is 1. The molecule has 4 rings (SSSR count). The van der Waals surface area contributed by atoms with Gasteiger partial charge in [0, 0.05) is 29.4 Å². The van der Waals surface area contributed by atoms with Crippen LogP contribution in [0.2, 0.25) is 0 Å². The number of amides is 1. The molecule has 1 amide bonds. The molecular weight excluding hydrogens is 516 g/mol. The number of aromatic nitrogens is 2. The molecule has 6 nitrogen and oxygen atoms in total. The molecular formula is C20H14F3N3O3S4. The Bertz CT molecular complexity index is 1280. The number of thiocarbonyl (C=S) groups is 1. The van der Waals surface area contributed by atoms with Crippen LogP contribution in [0.4, 0.5) is 13.2 Å². The minimum Gasteiger partial charge on any atom is -0.481 e. The van der Waals surface area contributed by atoms with Crippen LogP contribution in [-0.2, 0) is 15.8 Å². The van der Waals surface area contributed by atoms with E-state index in [-0.39, 0.29) is 25.3 Å². The third-order valence-corrected chi connectivity index (χ3v) is 7.67. The molecule has 3 aromatic rings. The standard InChI is InChI=1S/C20H14F3N3O3S4/c21-20(22,23)11-3-1-4-12(9-11)32-16-13(25-7-8-31-18(25)24-16)10-14-17(29)26(19(30)33-14)6-2-5-15(27)28/h1,3-4,7-10H,2,5-6H2,(H,27,28)/b14-10+. The number of carbonyl (C=O) groups excluding carboxylic acids is 1. The van der Waals surface area contributed by atoms with E-state index < -0.39 is 17.7 Å². The first-order chi connectivity index (χ1) is 15.6. The SMILES string of the molecule is O=C(O)CCCN1C(=O)/C(=C\c2c(Sc3cccc(C(F)(F)F)c3)nc3sccn23)SC1=S. The smallest absolute Gasteiger partial charge is 0.416 e. The molecule has 0 bridgehead atoms. The Balaban J connectivity index is 1.64. The highest BCUT2D eigenvalue weighted by Crippen LogP contribution is 2.39. The van der Waals surface area contributed by atoms with Crippen LogP contribution in [-0.4, -0.2) is 42.1 Å². The van der Waals surface area contributed by atoms with Crippen LogP contribution in [0, 0.1) is 0 Å². The molecule has 1 fully saturated rings. The molecule has 0 saturated carbocycles. The van der Waals surface area contributed by atoms with Gasteiger partial charge in [-0.15, -0.1) is 11.3 Å². The van der Waals surface area contributed by atoms with E-state index >= 15 is 0 Å². The van der Waals surface area contributed by atoms with Crippen LogP contribution in [0.3, 0.4) is 0 Å². The lowest BCUT2D eigenvalue weighted by atomic mass is 10.2. The van der Waals surface area contributed by atoms with Gasteiger partial charge in [0.2, 0.25) is 0 Å². The van der Waals surface area contributed by atoms with E-state index in [1.165, 1.54) is 22.3 Å². The maximum Gasteiger partial charge on any atom is 0.416 e. The van der Waals surface area contributed by atoms with Crippen molar-refractivity contribution in [1.29, 1.82) is 0 Å². The first-order valence-electron chi connectivity index (χ1n) is 9.41. The fraction of sp³-hybridized carbons (Fsp3) is 0.200. The van der Waals surface area contributed by atoms with Crippen molar-refractivity contribution in [2.45, 2.75) is 28.9 Å². The molecule has 33 heavy (non-hydrogen) atoms. The summed E-state index contributed by atoms with van der Waals surface area (Å²) < 4.78 is 41.4. The number of carboxylic acids is 1. The fourth-order valence-corrected chi connectivity index (χ4v) is 6.06. The molecule has 0 aliphatic carbocycles. The number of hydrogen-bond acceptors (Lipinski definition) is 7. The van der Waals surface area contributed by atoms with Gasteiger partial charge in [-0.05, 0) is 30.7 Å². The van der Waals surface area contributed by atoms with Crippen molar-refractivity contribution in [3.63, 3.8) is 0 Å². The quantitative estimate of drug-likeness (QED) is 0.314. The molecule has 0 spiro atoms. The Kier molecular flexibility index (Phi) is 6.84. The number of benzene rings is 1. The summed E-state index contributed by atoms with van der Waals surface area (Å²) >= 11 is 8.82. The Hall–Kier alpha value is -2.35. The molecule has 2 aromatic heterocycles. The summed E-state index contributed by atoms with van der Waals surface area (Å²) in [6.07, 6.45) is -0.871. The number of carbonyl (C=O) groups is 2. The van der Waals surface area contributed by atoms with Crippen LogP contribution in [0.15, 0.2) is 50.7 Å². The molecule has 1 aliphatic heterocycles. The van der Waals surface area contributed by atoms with E-state index in [1.807, 2.05) is 5.38 Å². The first kappa shape index (κ1) is 23.8. The van der Waals surface area contributed by atoms with E-state index in [1.54, 1.807) is 22.7 Å². The van der Waals surface area contributed by atoms with Crippen LogP contribution in [0.25, 0.3) is 11.0 Å². The predicted molar refractivity (Wildman–Crippen MR) is 125 cm³/mol. The van der Waals surface area contributed by atoms with Gasteiger partial charge in [-0.2, -0.15) is 13.2 Å². The molecule has 172 valence electrons. The Morgan fingerprint density at radius 3 is 2.85 bits per heavy atom. The van der Waals surface area contributed by atoms with Crippen molar-refractivity contribution >= 4 is 74.3 Å². The predicted octanol–water partition coefficient (Wildman–Crippen LogP) is 5.63. The molecule has 1 N–H and O–H groups in total. The molecule has 0 unspecified atom stereocenters. The monoisotopic (exact) mass is 529 g/mol. The second kappa shape index (κ2) is 9.49. The molecule has 1 aliphatic rings. The van der Waals surface area contributed by atoms with Crippen molar-refractivity contribution in [3.05, 3.63) is 52.0 Å². The Labute approximate surface area is 203 Å². The minimum absolute atomic E-state index is 0.0773. The summed E-state index contributed by atoms with van der Waals surface area (Å²) in [5.74, 6) is -1.29. The average molecular weight is 530 g/mol. The lowest BCUT2D eigenvalue weighted by Crippen LogP contribution is -2.29. The summed E-state index contributed by atoms with van der Waals surface area (Å²) in [4.78, 5) is 30.8. The highest BCUT2D eigenvalue weighted by molar-refractivity contribution is 8.26. The highest BCUT2D eigenvalue weighted by atomic mass is 32.2. The van der Waals surface area contributed by atoms with Gasteiger partial charge in [-0.25, -0.2) is 4.98 Å². The van der Waals surface area contributed by atoms with Gasteiger partial charge in [-0.1, -0.05) is 41.8 Å². The van der Waals surface area contributed by atoms with E-state index in [2.05, 4.69) is 4.98 Å². The van der Waals surface area contributed by atoms with Gasteiger partial charge in [0.15, 0.2) is 4.96 Å². The van der Waals surface area contributed by atoms with Gasteiger partial charge >= 0.3 is 12.1 Å². The number of hydrogen-bond donors (Lipinski definition) is 1. The van der Waals surface area contributed by atoms with E-state index in [4.69, 9.17) is 17.3 Å². The zero-order chi connectivity index (χ0) is 23.8. The summed E-state index contributed by atoms with van der Waals surface area (Å²) in [6.45, 7) is 0.195. The largest absolute Gasteiger partial charge is 0.481 e. The molecule has 1 saturated heterocycles. The Morgan fingerprint density at radius 2 is 2.12 bits per heavy atom. The molecule has 0 atom stereocenters. The van der Waals surface area contributed by atoms with Crippen molar-refractivity contribution in [2.75, 3.05) is 6.54 Å². The molecule has 1 aromatic carbocycles. The third kappa shape index (κ3) is 5.26. The zero-order valence-corrected chi connectivity index (χ0v) is 19.8. The molecule has 3 heterocycles. The van der Waals surface area contributed by atoms with Gasteiger partial charge in [0.1, 0.15) is 9.35 Å². The lowest BCUT2D eigenvalue weighted by molar-refractivity contribution is -0.138. The van der Waals surface area contributed by atoms with Gasteiger partial charge < -0.3 is 5.11 Å². The van der Waals surface area contributed by atoms with E-state index in [0.29, 0.717) is 29.8 Å². The van der Waals surface area contributed by atoms with Gasteiger partial charge in [0.05, 0.1) is 16.2 Å². The number of thiazole rings is 1. The van der Waals surface area contributed by atoms with Gasteiger partial charge in [-0.3, -0.25) is 18.9 Å². The van der Waals surface area contributed by atoms with Crippen molar-refractivity contribution in [2.24, 2.45) is 0 Å². The summed E-state index contributed by atoms with van der Waals surface area (Å²) in [5, 5.41) is 11.1. The zero-order valence-electron chi connectivity index (χ0n) is 16.5. The number of nitrogens with zero attached hydrogens (tertiary/aromatic N) is 3. The van der Waals surface area contributed by atoms with E-state index in [0.717, 1.165) is 35.7 Å². The molecule has 13 heteroatoms. The van der Waals surface area contributed by atoms with Crippen LogP contribution >= 0.6 is 47.1 Å². The van der Waals surface area contributed by atoms with E-state index in [9.17, 15) is 22.8 Å². The number of rotatable bonds is 7. The van der Waals surface area contributed by atoms with Crippen molar-refractivity contribution in [3.8, 4) is 0 Å². The Morgan fingerprint density at radius 1 is 1.33 bits per heavy atom. The summed E-state index contributed by atoms with van der Waals surface area (Å²) in [5.41, 5.74) is -0.197. The third-order valence-electron chi connectivity index (χ3n) is 4.55. The number of imidazole rings is 1.